The van der Waals surface area contributed by atoms with Gasteiger partial charge in [-0.1, -0.05) is 57.2 Å². The summed E-state index contributed by atoms with van der Waals surface area (Å²) in [5.74, 6) is 2.88. The van der Waals surface area contributed by atoms with E-state index < -0.39 is 0 Å². The lowest BCUT2D eigenvalue weighted by Gasteiger charge is -2.21. The molecule has 0 N–H and O–H groups in total. The number of methoxy groups -OCH3 is 1. The number of hydrogen-bond donors (Lipinski definition) is 0. The topological polar surface area (TPSA) is 18.5 Å². The molecule has 24 heavy (non-hydrogen) atoms. The van der Waals surface area contributed by atoms with Gasteiger partial charge in [0.05, 0.1) is 7.11 Å². The molecule has 0 aromatic heterocycles. The summed E-state index contributed by atoms with van der Waals surface area (Å²) >= 11 is 0. The monoisotopic (exact) mass is 326 g/mol. The van der Waals surface area contributed by atoms with Crippen LogP contribution in [-0.2, 0) is 0 Å². The van der Waals surface area contributed by atoms with Crippen molar-refractivity contribution in [3.8, 4) is 11.5 Å². The molecule has 2 nitrogen and oxygen atoms in total. The van der Waals surface area contributed by atoms with Crippen LogP contribution in [-0.4, -0.2) is 7.11 Å². The second-order valence-electron chi connectivity index (χ2n) is 6.82. The van der Waals surface area contributed by atoms with Gasteiger partial charge < -0.3 is 9.47 Å². The number of benzene rings is 2. The first-order valence-electron chi connectivity index (χ1n) is 8.94. The molecule has 0 radical (unpaired) electrons. The van der Waals surface area contributed by atoms with Crippen molar-refractivity contribution in [2.75, 3.05) is 7.11 Å². The molecule has 0 saturated carbocycles. The van der Waals surface area contributed by atoms with Crippen LogP contribution in [0.2, 0.25) is 0 Å². The predicted octanol–water partition coefficient (Wildman–Crippen LogP) is 6.37. The van der Waals surface area contributed by atoms with E-state index in [-0.39, 0.29) is 6.10 Å². The highest BCUT2D eigenvalue weighted by molar-refractivity contribution is 5.44. The van der Waals surface area contributed by atoms with E-state index >= 15 is 0 Å². The van der Waals surface area contributed by atoms with Crippen LogP contribution < -0.4 is 9.47 Å². The second kappa shape index (κ2) is 8.77. The molecule has 0 amide bonds. The second-order valence-corrected chi connectivity index (χ2v) is 6.82. The summed E-state index contributed by atoms with van der Waals surface area (Å²) in [6.45, 7) is 8.87. The minimum atomic E-state index is -0.0106. The van der Waals surface area contributed by atoms with Crippen molar-refractivity contribution in [2.24, 2.45) is 5.92 Å². The zero-order valence-electron chi connectivity index (χ0n) is 15.6. The van der Waals surface area contributed by atoms with Gasteiger partial charge in [-0.15, -0.1) is 0 Å². The van der Waals surface area contributed by atoms with Crippen molar-refractivity contribution >= 4 is 0 Å². The van der Waals surface area contributed by atoms with Crippen LogP contribution in [0.3, 0.4) is 0 Å². The Morgan fingerprint density at radius 2 is 1.58 bits per heavy atom. The first-order valence-corrected chi connectivity index (χ1v) is 8.94. The Bertz CT molecular complexity index is 619. The summed E-state index contributed by atoms with van der Waals surface area (Å²) in [6, 6.07) is 16.6. The Morgan fingerprint density at radius 3 is 2.17 bits per heavy atom. The van der Waals surface area contributed by atoms with E-state index in [4.69, 9.17) is 9.47 Å². The van der Waals surface area contributed by atoms with Crippen LogP contribution in [0.5, 0.6) is 11.5 Å². The lowest BCUT2D eigenvalue weighted by Crippen LogP contribution is -2.06. The number of hydrogen-bond acceptors (Lipinski definition) is 2. The molecule has 2 heteroatoms. The molecule has 0 spiro atoms. The molecule has 2 aromatic rings. The number of rotatable bonds is 8. The van der Waals surface area contributed by atoms with Crippen LogP contribution >= 0.6 is 0 Å². The third-order valence-corrected chi connectivity index (χ3v) is 4.48. The van der Waals surface area contributed by atoms with Gasteiger partial charge in [0.1, 0.15) is 6.10 Å². The predicted molar refractivity (Wildman–Crippen MR) is 101 cm³/mol. The molecule has 130 valence electrons. The molecule has 2 atom stereocenters. The van der Waals surface area contributed by atoms with Gasteiger partial charge in [0, 0.05) is 0 Å². The molecule has 2 unspecified atom stereocenters. The molecule has 0 aliphatic rings. The first-order chi connectivity index (χ1) is 11.5. The van der Waals surface area contributed by atoms with Gasteiger partial charge in [0.15, 0.2) is 11.5 Å². The van der Waals surface area contributed by atoms with Crippen LogP contribution in [0.15, 0.2) is 48.5 Å². The third kappa shape index (κ3) is 4.77. The molecule has 2 rings (SSSR count). The molecule has 0 aliphatic carbocycles. The van der Waals surface area contributed by atoms with Gasteiger partial charge in [-0.25, -0.2) is 0 Å². The Morgan fingerprint density at radius 1 is 0.875 bits per heavy atom. The third-order valence-electron chi connectivity index (χ3n) is 4.48. The molecule has 0 aliphatic heterocycles. The van der Waals surface area contributed by atoms with Crippen LogP contribution in [0.4, 0.5) is 0 Å². The average molecular weight is 326 g/mol. The maximum atomic E-state index is 6.15. The molecule has 0 saturated heterocycles. The zero-order valence-corrected chi connectivity index (χ0v) is 15.6. The van der Waals surface area contributed by atoms with E-state index in [2.05, 4.69) is 58.0 Å². The summed E-state index contributed by atoms with van der Waals surface area (Å²) in [4.78, 5) is 0. The molecular formula is C22H30O2. The van der Waals surface area contributed by atoms with Crippen molar-refractivity contribution in [1.29, 1.82) is 0 Å². The van der Waals surface area contributed by atoms with Gasteiger partial charge in [-0.2, -0.15) is 0 Å². The molecule has 2 aromatic carbocycles. The number of ether oxygens (including phenoxy) is 2. The van der Waals surface area contributed by atoms with Crippen LogP contribution in [0.25, 0.3) is 0 Å². The van der Waals surface area contributed by atoms with Crippen molar-refractivity contribution < 1.29 is 9.47 Å². The smallest absolute Gasteiger partial charge is 0.162 e. The minimum Gasteiger partial charge on any atom is -0.493 e. The first kappa shape index (κ1) is 18.4. The van der Waals surface area contributed by atoms with Gasteiger partial charge in [-0.05, 0) is 54.9 Å². The standard InChI is InChI=1S/C22H30O2/c1-6-18(14-16(2)3)20-12-13-21(22(15-20)23-5)24-17(4)19-10-8-7-9-11-19/h7-13,15-18H,6,14H2,1-5H3. The zero-order chi connectivity index (χ0) is 17.5. The Kier molecular flexibility index (Phi) is 6.72. The molecule has 0 bridgehead atoms. The quantitative estimate of drug-likeness (QED) is 0.560. The van der Waals surface area contributed by atoms with Crippen molar-refractivity contribution in [2.45, 2.75) is 52.6 Å². The summed E-state index contributed by atoms with van der Waals surface area (Å²) in [5.41, 5.74) is 2.50. The van der Waals surface area contributed by atoms with E-state index in [1.54, 1.807) is 7.11 Å². The highest BCUT2D eigenvalue weighted by atomic mass is 16.5. The maximum Gasteiger partial charge on any atom is 0.162 e. The van der Waals surface area contributed by atoms with E-state index in [9.17, 15) is 0 Å². The van der Waals surface area contributed by atoms with E-state index in [1.165, 1.54) is 12.0 Å². The summed E-state index contributed by atoms with van der Waals surface area (Å²) in [7, 11) is 1.71. The molecular weight excluding hydrogens is 296 g/mol. The Labute approximate surface area is 146 Å². The van der Waals surface area contributed by atoms with Gasteiger partial charge >= 0.3 is 0 Å². The molecule has 0 fully saturated rings. The Balaban J connectivity index is 2.19. The fourth-order valence-electron chi connectivity index (χ4n) is 3.13. The lowest BCUT2D eigenvalue weighted by atomic mass is 9.88. The van der Waals surface area contributed by atoms with Gasteiger partial charge in [0.2, 0.25) is 0 Å². The van der Waals surface area contributed by atoms with E-state index in [1.807, 2.05) is 18.2 Å². The lowest BCUT2D eigenvalue weighted by molar-refractivity contribution is 0.216. The highest BCUT2D eigenvalue weighted by Gasteiger charge is 2.16. The Hall–Kier alpha value is -1.96. The SMILES string of the molecule is CCC(CC(C)C)c1ccc(OC(C)c2ccccc2)c(OC)c1. The van der Waals surface area contributed by atoms with Crippen molar-refractivity contribution in [1.82, 2.24) is 0 Å². The van der Waals surface area contributed by atoms with Crippen molar-refractivity contribution in [3.63, 3.8) is 0 Å². The highest BCUT2D eigenvalue weighted by Crippen LogP contribution is 2.36. The van der Waals surface area contributed by atoms with Gasteiger partial charge in [0.25, 0.3) is 0 Å². The normalized spacial score (nSPS) is 13.6. The fraction of sp³-hybridized carbons (Fsp3) is 0.455. The summed E-state index contributed by atoms with van der Waals surface area (Å²) in [5, 5.41) is 0. The minimum absolute atomic E-state index is 0.0106. The molecule has 0 heterocycles. The van der Waals surface area contributed by atoms with E-state index in [0.29, 0.717) is 11.8 Å². The average Bonchev–Trinajstić information content (AvgIpc) is 2.60. The largest absolute Gasteiger partial charge is 0.493 e. The fourth-order valence-corrected chi connectivity index (χ4v) is 3.13. The van der Waals surface area contributed by atoms with Gasteiger partial charge in [-0.3, -0.25) is 0 Å². The summed E-state index contributed by atoms with van der Waals surface area (Å²) < 4.78 is 11.7. The summed E-state index contributed by atoms with van der Waals surface area (Å²) in [6.07, 6.45) is 2.32. The van der Waals surface area contributed by atoms with E-state index in [0.717, 1.165) is 23.5 Å². The maximum absolute atomic E-state index is 6.15. The van der Waals surface area contributed by atoms with Crippen LogP contribution in [0, 0.1) is 5.92 Å². The van der Waals surface area contributed by atoms with Crippen LogP contribution in [0.1, 0.15) is 63.7 Å². The van der Waals surface area contributed by atoms with Crippen molar-refractivity contribution in [3.05, 3.63) is 59.7 Å².